The maximum absolute atomic E-state index is 13.0. The zero-order valence-corrected chi connectivity index (χ0v) is 13.3. The van der Waals surface area contributed by atoms with E-state index in [1.807, 2.05) is 19.1 Å². The molecule has 0 saturated carbocycles. The van der Waals surface area contributed by atoms with Crippen LogP contribution in [0.15, 0.2) is 41.3 Å². The first-order valence-corrected chi connectivity index (χ1v) is 8.00. The van der Waals surface area contributed by atoms with Crippen LogP contribution in [0.3, 0.4) is 0 Å². The summed E-state index contributed by atoms with van der Waals surface area (Å²) in [5.74, 6) is -0.396. The predicted octanol–water partition coefficient (Wildman–Crippen LogP) is 3.58. The third-order valence-electron chi connectivity index (χ3n) is 3.41. The summed E-state index contributed by atoms with van der Waals surface area (Å²) in [5, 5.41) is 0. The summed E-state index contributed by atoms with van der Waals surface area (Å²) in [7, 11) is -2.20. The molecule has 0 bridgehead atoms. The molecule has 0 aliphatic heterocycles. The van der Waals surface area contributed by atoms with E-state index >= 15 is 0 Å². The van der Waals surface area contributed by atoms with E-state index in [0.29, 0.717) is 21.7 Å². The zero-order chi connectivity index (χ0) is 15.8. The van der Waals surface area contributed by atoms with Crippen molar-refractivity contribution in [2.75, 3.05) is 11.4 Å². The Kier molecular flexibility index (Phi) is 4.05. The van der Waals surface area contributed by atoms with Crippen molar-refractivity contribution in [3.63, 3.8) is 0 Å². The Balaban J connectivity index is 2.54. The Morgan fingerprint density at radius 1 is 0.952 bits per heavy atom. The molecule has 0 spiro atoms. The molecule has 0 N–H and O–H groups in total. The molecule has 0 aliphatic carbocycles. The Bertz CT molecular complexity index is 744. The van der Waals surface area contributed by atoms with Gasteiger partial charge in [0.15, 0.2) is 0 Å². The minimum absolute atomic E-state index is 0.305. The van der Waals surface area contributed by atoms with Crippen molar-refractivity contribution in [3.8, 4) is 0 Å². The van der Waals surface area contributed by atoms with Gasteiger partial charge in [-0.3, -0.25) is 4.31 Å². The summed E-state index contributed by atoms with van der Waals surface area (Å²) in [6, 6.07) is 9.08. The first-order chi connectivity index (χ1) is 9.73. The van der Waals surface area contributed by atoms with Crippen LogP contribution >= 0.6 is 0 Å². The molecule has 0 atom stereocenters. The van der Waals surface area contributed by atoms with Gasteiger partial charge < -0.3 is 0 Å². The van der Waals surface area contributed by atoms with Gasteiger partial charge in [0.05, 0.1) is 10.6 Å². The number of benzene rings is 2. The van der Waals surface area contributed by atoms with Crippen molar-refractivity contribution >= 4 is 15.7 Å². The normalized spacial score (nSPS) is 11.5. The monoisotopic (exact) mass is 307 g/mol. The number of sulfonamides is 1. The summed E-state index contributed by atoms with van der Waals surface area (Å²) in [6.45, 7) is 5.50. The van der Waals surface area contributed by atoms with Gasteiger partial charge in [-0.25, -0.2) is 12.8 Å². The first kappa shape index (κ1) is 15.5. The zero-order valence-electron chi connectivity index (χ0n) is 12.5. The van der Waals surface area contributed by atoms with E-state index in [9.17, 15) is 12.8 Å². The Hall–Kier alpha value is -1.88. The van der Waals surface area contributed by atoms with E-state index in [-0.39, 0.29) is 0 Å². The lowest BCUT2D eigenvalue weighted by atomic mass is 10.1. The highest BCUT2D eigenvalue weighted by molar-refractivity contribution is 7.92. The molecule has 112 valence electrons. The Morgan fingerprint density at radius 3 is 1.90 bits per heavy atom. The molecule has 0 heterocycles. The lowest BCUT2D eigenvalue weighted by molar-refractivity contribution is 0.592. The second-order valence-corrected chi connectivity index (χ2v) is 7.08. The summed E-state index contributed by atoms with van der Waals surface area (Å²) in [4.78, 5) is 0.305. The molecule has 2 rings (SSSR count). The highest BCUT2D eigenvalue weighted by Crippen LogP contribution is 2.27. The van der Waals surface area contributed by atoms with Crippen molar-refractivity contribution in [1.82, 2.24) is 0 Å². The lowest BCUT2D eigenvalue weighted by Crippen LogP contribution is -2.28. The van der Waals surface area contributed by atoms with Crippen molar-refractivity contribution in [2.24, 2.45) is 0 Å². The molecular weight excluding hydrogens is 289 g/mol. The summed E-state index contributed by atoms with van der Waals surface area (Å²) in [5.41, 5.74) is 2.87. The van der Waals surface area contributed by atoms with Crippen LogP contribution in [0.1, 0.15) is 16.7 Å². The fourth-order valence-corrected chi connectivity index (χ4v) is 4.11. The highest BCUT2D eigenvalue weighted by atomic mass is 32.2. The molecule has 0 unspecified atom stereocenters. The highest BCUT2D eigenvalue weighted by Gasteiger charge is 2.25. The molecule has 0 aliphatic rings. The van der Waals surface area contributed by atoms with E-state index in [1.54, 1.807) is 13.8 Å². The van der Waals surface area contributed by atoms with Crippen molar-refractivity contribution in [1.29, 1.82) is 0 Å². The van der Waals surface area contributed by atoms with Gasteiger partial charge in [0, 0.05) is 7.05 Å². The van der Waals surface area contributed by atoms with Crippen LogP contribution in [-0.2, 0) is 10.0 Å². The van der Waals surface area contributed by atoms with E-state index in [1.165, 1.54) is 35.6 Å². The van der Waals surface area contributed by atoms with E-state index in [0.717, 1.165) is 5.56 Å². The molecule has 0 saturated heterocycles. The van der Waals surface area contributed by atoms with Crippen LogP contribution < -0.4 is 4.31 Å². The summed E-state index contributed by atoms with van der Waals surface area (Å²) < 4.78 is 39.8. The molecule has 0 aromatic heterocycles. The number of halogens is 1. The molecular formula is C16H18FNO2S. The fraction of sp³-hybridized carbons (Fsp3) is 0.250. The van der Waals surface area contributed by atoms with E-state index < -0.39 is 15.8 Å². The van der Waals surface area contributed by atoms with E-state index in [2.05, 4.69) is 0 Å². The van der Waals surface area contributed by atoms with Crippen LogP contribution in [-0.4, -0.2) is 15.5 Å². The van der Waals surface area contributed by atoms with Crippen LogP contribution in [0.4, 0.5) is 10.1 Å². The van der Waals surface area contributed by atoms with Crippen LogP contribution in [0.5, 0.6) is 0 Å². The van der Waals surface area contributed by atoms with Gasteiger partial charge in [0.1, 0.15) is 5.82 Å². The fourth-order valence-electron chi connectivity index (χ4n) is 2.50. The first-order valence-electron chi connectivity index (χ1n) is 6.56. The molecule has 0 amide bonds. The second kappa shape index (κ2) is 5.48. The van der Waals surface area contributed by atoms with Gasteiger partial charge in [-0.1, -0.05) is 17.7 Å². The summed E-state index contributed by atoms with van der Waals surface area (Å²) in [6.07, 6.45) is 0. The van der Waals surface area contributed by atoms with E-state index in [4.69, 9.17) is 0 Å². The predicted molar refractivity (Wildman–Crippen MR) is 82.6 cm³/mol. The third kappa shape index (κ3) is 2.93. The maximum Gasteiger partial charge on any atom is 0.264 e. The lowest BCUT2D eigenvalue weighted by Gasteiger charge is -2.22. The molecule has 0 fully saturated rings. The third-order valence-corrected chi connectivity index (χ3v) is 5.51. The van der Waals surface area contributed by atoms with Crippen molar-refractivity contribution in [3.05, 3.63) is 58.9 Å². The van der Waals surface area contributed by atoms with Gasteiger partial charge in [-0.05, 0) is 56.2 Å². The molecule has 2 aromatic carbocycles. The number of rotatable bonds is 3. The van der Waals surface area contributed by atoms with Gasteiger partial charge in [0.25, 0.3) is 10.0 Å². The molecule has 5 heteroatoms. The number of nitrogens with zero attached hydrogens (tertiary/aromatic N) is 1. The SMILES string of the molecule is Cc1cc(C)c(S(=O)(=O)N(C)c2ccc(F)cc2)c(C)c1. The molecule has 3 nitrogen and oxygen atoms in total. The second-order valence-electron chi connectivity index (χ2n) is 5.18. The minimum atomic E-state index is -3.67. The number of anilines is 1. The molecule has 2 aromatic rings. The van der Waals surface area contributed by atoms with Crippen LogP contribution in [0.2, 0.25) is 0 Å². The van der Waals surface area contributed by atoms with Crippen LogP contribution in [0, 0.1) is 26.6 Å². The average Bonchev–Trinajstić information content (AvgIpc) is 2.37. The maximum atomic E-state index is 13.0. The minimum Gasteiger partial charge on any atom is -0.269 e. The smallest absolute Gasteiger partial charge is 0.264 e. The van der Waals surface area contributed by atoms with Gasteiger partial charge in [-0.15, -0.1) is 0 Å². The van der Waals surface area contributed by atoms with Gasteiger partial charge >= 0.3 is 0 Å². The number of aryl methyl sites for hydroxylation is 3. The van der Waals surface area contributed by atoms with Crippen LogP contribution in [0.25, 0.3) is 0 Å². The Labute approximate surface area is 125 Å². The largest absolute Gasteiger partial charge is 0.269 e. The topological polar surface area (TPSA) is 37.4 Å². The summed E-state index contributed by atoms with van der Waals surface area (Å²) >= 11 is 0. The molecule has 0 radical (unpaired) electrons. The number of hydrogen-bond donors (Lipinski definition) is 0. The average molecular weight is 307 g/mol. The van der Waals surface area contributed by atoms with Gasteiger partial charge in [-0.2, -0.15) is 0 Å². The van der Waals surface area contributed by atoms with Crippen molar-refractivity contribution in [2.45, 2.75) is 25.7 Å². The quantitative estimate of drug-likeness (QED) is 0.869. The standard InChI is InChI=1S/C16H18FNO2S/c1-11-9-12(2)16(13(3)10-11)21(19,20)18(4)15-7-5-14(17)6-8-15/h5-10H,1-4H3. The van der Waals surface area contributed by atoms with Crippen molar-refractivity contribution < 1.29 is 12.8 Å². The number of hydrogen-bond acceptors (Lipinski definition) is 2. The molecule has 21 heavy (non-hydrogen) atoms. The Morgan fingerprint density at radius 2 is 1.43 bits per heavy atom. The van der Waals surface area contributed by atoms with Gasteiger partial charge in [0.2, 0.25) is 0 Å².